The van der Waals surface area contributed by atoms with Crippen LogP contribution in [0.5, 0.6) is 0 Å². The number of piperidine rings is 3. The van der Waals surface area contributed by atoms with Crippen molar-refractivity contribution in [3.8, 4) is 0 Å². The van der Waals surface area contributed by atoms with Crippen LogP contribution in [0.3, 0.4) is 0 Å². The van der Waals surface area contributed by atoms with E-state index in [0.29, 0.717) is 5.92 Å². The number of carbonyl (C=O) groups excluding carboxylic acids is 1. The summed E-state index contributed by atoms with van der Waals surface area (Å²) in [6.07, 6.45) is 3.13. The fourth-order valence-electron chi connectivity index (χ4n) is 4.79. The summed E-state index contributed by atoms with van der Waals surface area (Å²) in [4.78, 5) is 17.5. The number of ether oxygens (including phenoxy) is 1. The zero-order valence-corrected chi connectivity index (χ0v) is 15.7. The van der Waals surface area contributed by atoms with Gasteiger partial charge in [-0.1, -0.05) is 24.3 Å². The Labute approximate surface area is 158 Å². The summed E-state index contributed by atoms with van der Waals surface area (Å²) in [5, 5.41) is 4.24. The maximum Gasteiger partial charge on any atom is 0.410 e. The Morgan fingerprint density at radius 3 is 2.69 bits per heavy atom. The Hall–Kier alpha value is -1.85. The molecular weight excluding hydrogens is 344 g/mol. The van der Waals surface area contributed by atoms with Crippen LogP contribution in [0.4, 0.5) is 4.79 Å². The van der Waals surface area contributed by atoms with E-state index in [2.05, 4.69) is 46.0 Å². The number of amides is 1. The van der Waals surface area contributed by atoms with Gasteiger partial charge in [0.15, 0.2) is 0 Å². The van der Waals surface area contributed by atoms with Crippen molar-refractivity contribution in [2.24, 2.45) is 5.92 Å². The van der Waals surface area contributed by atoms with Gasteiger partial charge in [-0.25, -0.2) is 4.79 Å². The lowest BCUT2D eigenvalue weighted by Gasteiger charge is -2.45. The summed E-state index contributed by atoms with van der Waals surface area (Å²) < 4.78 is 6.06. The standard InChI is InChI=1S/C21H24N2O2S/c24-21(25-19-13-22-9-5-16(19)6-10-22)23-11-7-15-3-1-2-4-18(15)20(23)17-8-12-26-14-17/h1-4,8,12,14,16,19-20H,5-7,9-11,13H2/t19-,20+/m0/s1. The van der Waals surface area contributed by atoms with Crippen LogP contribution in [0, 0.1) is 5.92 Å². The topological polar surface area (TPSA) is 32.8 Å². The first-order valence-electron chi connectivity index (χ1n) is 9.59. The first-order chi connectivity index (χ1) is 12.8. The van der Waals surface area contributed by atoms with E-state index in [0.717, 1.165) is 45.4 Å². The predicted molar refractivity (Wildman–Crippen MR) is 102 cm³/mol. The van der Waals surface area contributed by atoms with Crippen LogP contribution in [-0.4, -0.2) is 48.2 Å². The SMILES string of the molecule is O=C(O[C@H]1CN2CCC1CC2)N1CCc2ccccc2[C@H]1c1ccsc1. The molecule has 0 radical (unpaired) electrons. The first-order valence-corrected chi connectivity index (χ1v) is 10.5. The van der Waals surface area contributed by atoms with Gasteiger partial charge in [-0.05, 0) is 71.8 Å². The summed E-state index contributed by atoms with van der Waals surface area (Å²) in [7, 11) is 0. The third kappa shape index (κ3) is 2.83. The van der Waals surface area contributed by atoms with Crippen molar-refractivity contribution >= 4 is 17.4 Å². The van der Waals surface area contributed by atoms with Crippen LogP contribution in [0.15, 0.2) is 41.1 Å². The van der Waals surface area contributed by atoms with Crippen molar-refractivity contribution in [1.82, 2.24) is 9.80 Å². The molecule has 4 aliphatic rings. The van der Waals surface area contributed by atoms with Gasteiger partial charge < -0.3 is 4.74 Å². The molecule has 1 amide bonds. The van der Waals surface area contributed by atoms with Crippen LogP contribution >= 0.6 is 11.3 Å². The summed E-state index contributed by atoms with van der Waals surface area (Å²) in [6.45, 7) is 3.95. The van der Waals surface area contributed by atoms with E-state index < -0.39 is 0 Å². The summed E-state index contributed by atoms with van der Waals surface area (Å²) in [5.74, 6) is 0.542. The molecule has 0 unspecified atom stereocenters. The fraction of sp³-hybridized carbons (Fsp3) is 0.476. The molecule has 2 bridgehead atoms. The smallest absolute Gasteiger partial charge is 0.410 e. The van der Waals surface area contributed by atoms with Crippen LogP contribution in [0.1, 0.15) is 35.6 Å². The molecule has 5 heteroatoms. The lowest BCUT2D eigenvalue weighted by atomic mass is 9.86. The predicted octanol–water partition coefficient (Wildman–Crippen LogP) is 3.93. The normalized spacial score (nSPS) is 30.1. The van der Waals surface area contributed by atoms with E-state index in [-0.39, 0.29) is 18.2 Å². The molecule has 5 heterocycles. The lowest BCUT2D eigenvalue weighted by molar-refractivity contribution is -0.0462. The second-order valence-corrected chi connectivity index (χ2v) is 8.44. The summed E-state index contributed by atoms with van der Waals surface area (Å²) >= 11 is 1.68. The van der Waals surface area contributed by atoms with Gasteiger partial charge in [-0.2, -0.15) is 11.3 Å². The molecule has 0 spiro atoms. The van der Waals surface area contributed by atoms with E-state index in [1.54, 1.807) is 11.3 Å². The zero-order chi connectivity index (χ0) is 17.5. The first kappa shape index (κ1) is 16.3. The van der Waals surface area contributed by atoms with Gasteiger partial charge in [0.05, 0.1) is 6.04 Å². The molecule has 1 aromatic heterocycles. The van der Waals surface area contributed by atoms with Gasteiger partial charge in [0.25, 0.3) is 0 Å². The Morgan fingerprint density at radius 2 is 1.96 bits per heavy atom. The number of fused-ring (bicyclic) bond motifs is 4. The molecule has 2 aromatic rings. The maximum absolute atomic E-state index is 13.1. The van der Waals surface area contributed by atoms with E-state index >= 15 is 0 Å². The molecule has 0 N–H and O–H groups in total. The van der Waals surface area contributed by atoms with Crippen molar-refractivity contribution in [2.45, 2.75) is 31.4 Å². The molecule has 0 aliphatic carbocycles. The van der Waals surface area contributed by atoms with Crippen LogP contribution in [0.25, 0.3) is 0 Å². The van der Waals surface area contributed by atoms with Crippen molar-refractivity contribution < 1.29 is 9.53 Å². The van der Waals surface area contributed by atoms with Crippen LogP contribution < -0.4 is 0 Å². The molecule has 3 saturated heterocycles. The summed E-state index contributed by atoms with van der Waals surface area (Å²) in [5.41, 5.74) is 3.77. The lowest BCUT2D eigenvalue weighted by Crippen LogP contribution is -2.53. The number of thiophene rings is 1. The number of hydrogen-bond donors (Lipinski definition) is 0. The molecular formula is C21H24N2O2S. The minimum Gasteiger partial charge on any atom is -0.444 e. The number of carbonyl (C=O) groups is 1. The average molecular weight is 369 g/mol. The highest BCUT2D eigenvalue weighted by molar-refractivity contribution is 7.08. The van der Waals surface area contributed by atoms with E-state index in [4.69, 9.17) is 4.74 Å². The van der Waals surface area contributed by atoms with Gasteiger partial charge in [0.1, 0.15) is 6.10 Å². The molecule has 26 heavy (non-hydrogen) atoms. The number of rotatable bonds is 2. The molecule has 2 atom stereocenters. The molecule has 0 saturated carbocycles. The largest absolute Gasteiger partial charge is 0.444 e. The molecule has 4 aliphatic heterocycles. The second kappa shape index (κ2) is 6.71. The van der Waals surface area contributed by atoms with Crippen molar-refractivity contribution in [3.63, 3.8) is 0 Å². The maximum atomic E-state index is 13.1. The van der Waals surface area contributed by atoms with Crippen LogP contribution in [0.2, 0.25) is 0 Å². The Bertz CT molecular complexity index is 783. The minimum absolute atomic E-state index is 0.0280. The minimum atomic E-state index is -0.144. The van der Waals surface area contributed by atoms with E-state index in [1.807, 2.05) is 4.90 Å². The third-order valence-electron chi connectivity index (χ3n) is 6.23. The fourth-order valence-corrected chi connectivity index (χ4v) is 5.47. The molecule has 1 aromatic carbocycles. The van der Waals surface area contributed by atoms with Gasteiger partial charge in [0.2, 0.25) is 0 Å². The molecule has 4 nitrogen and oxygen atoms in total. The third-order valence-corrected chi connectivity index (χ3v) is 6.93. The van der Waals surface area contributed by atoms with Gasteiger partial charge in [-0.15, -0.1) is 0 Å². The van der Waals surface area contributed by atoms with Gasteiger partial charge >= 0.3 is 6.09 Å². The van der Waals surface area contributed by atoms with Crippen LogP contribution in [-0.2, 0) is 11.2 Å². The number of benzene rings is 1. The Balaban J connectivity index is 1.41. The molecule has 136 valence electrons. The van der Waals surface area contributed by atoms with Gasteiger partial charge in [-0.3, -0.25) is 9.80 Å². The van der Waals surface area contributed by atoms with Crippen molar-refractivity contribution in [1.29, 1.82) is 0 Å². The van der Waals surface area contributed by atoms with E-state index in [1.165, 1.54) is 16.7 Å². The van der Waals surface area contributed by atoms with Crippen molar-refractivity contribution in [2.75, 3.05) is 26.2 Å². The summed E-state index contributed by atoms with van der Waals surface area (Å²) in [6, 6.07) is 10.6. The highest BCUT2D eigenvalue weighted by Gasteiger charge is 2.39. The zero-order valence-electron chi connectivity index (χ0n) is 14.8. The van der Waals surface area contributed by atoms with Crippen molar-refractivity contribution in [3.05, 3.63) is 57.8 Å². The number of hydrogen-bond acceptors (Lipinski definition) is 4. The monoisotopic (exact) mass is 368 g/mol. The Morgan fingerprint density at radius 1 is 1.12 bits per heavy atom. The Kier molecular flexibility index (Phi) is 4.21. The quantitative estimate of drug-likeness (QED) is 0.805. The molecule has 3 fully saturated rings. The molecule has 6 rings (SSSR count). The average Bonchev–Trinajstić information content (AvgIpc) is 3.22. The second-order valence-electron chi connectivity index (χ2n) is 7.66. The highest BCUT2D eigenvalue weighted by Crippen LogP contribution is 2.37. The highest BCUT2D eigenvalue weighted by atomic mass is 32.1. The van der Waals surface area contributed by atoms with E-state index in [9.17, 15) is 4.79 Å². The number of nitrogens with zero attached hydrogens (tertiary/aromatic N) is 2. The van der Waals surface area contributed by atoms with Gasteiger partial charge in [0, 0.05) is 13.1 Å².